The number of hydrogen-bond donors (Lipinski definition) is 2. The van der Waals surface area contributed by atoms with Crippen molar-refractivity contribution in [3.8, 4) is 0 Å². The molecule has 3 N–H and O–H groups in total. The number of hydrogen-bond acceptors (Lipinski definition) is 2. The molecule has 3 heteroatoms. The first-order chi connectivity index (χ1) is 6.19. The van der Waals surface area contributed by atoms with Gasteiger partial charge in [-0.15, -0.1) is 0 Å². The molecule has 0 saturated heterocycles. The molecule has 2 nitrogen and oxygen atoms in total. The third kappa shape index (κ3) is 2.26. The van der Waals surface area contributed by atoms with Crippen LogP contribution in [-0.2, 0) is 0 Å². The number of nitrogens with two attached hydrogens (primary N) is 1. The van der Waals surface area contributed by atoms with E-state index in [1.54, 1.807) is 6.07 Å². The molecule has 1 aromatic carbocycles. The van der Waals surface area contributed by atoms with Crippen LogP contribution in [0.5, 0.6) is 0 Å². The van der Waals surface area contributed by atoms with Gasteiger partial charge >= 0.3 is 0 Å². The maximum Gasteiger partial charge on any atom is 0.128 e. The van der Waals surface area contributed by atoms with Gasteiger partial charge in [-0.1, -0.05) is 19.1 Å². The predicted molar refractivity (Wildman–Crippen MR) is 51.5 cm³/mol. The van der Waals surface area contributed by atoms with Gasteiger partial charge in [0.05, 0.1) is 0 Å². The van der Waals surface area contributed by atoms with Crippen LogP contribution in [-0.4, -0.2) is 0 Å². The number of aryl methyl sites for hydroxylation is 1. The molecule has 1 rings (SSSR count). The van der Waals surface area contributed by atoms with Crippen LogP contribution in [0.2, 0.25) is 0 Å². The van der Waals surface area contributed by atoms with Crippen LogP contribution in [0, 0.1) is 12.7 Å². The van der Waals surface area contributed by atoms with Gasteiger partial charge in [0.15, 0.2) is 0 Å². The normalized spacial score (nSPS) is 12.9. The second-order valence-electron chi connectivity index (χ2n) is 3.15. The van der Waals surface area contributed by atoms with E-state index in [2.05, 4.69) is 5.43 Å². The molecule has 0 aliphatic rings. The first-order valence-electron chi connectivity index (χ1n) is 4.41. The second-order valence-corrected chi connectivity index (χ2v) is 3.15. The summed E-state index contributed by atoms with van der Waals surface area (Å²) in [4.78, 5) is 0. The lowest BCUT2D eigenvalue weighted by molar-refractivity contribution is 0.501. The summed E-state index contributed by atoms with van der Waals surface area (Å²) >= 11 is 0. The van der Waals surface area contributed by atoms with Crippen molar-refractivity contribution < 1.29 is 4.39 Å². The topological polar surface area (TPSA) is 38.0 Å². The molecule has 0 bridgehead atoms. The van der Waals surface area contributed by atoms with E-state index >= 15 is 0 Å². The van der Waals surface area contributed by atoms with Gasteiger partial charge < -0.3 is 0 Å². The van der Waals surface area contributed by atoms with Gasteiger partial charge in [0.1, 0.15) is 5.82 Å². The highest BCUT2D eigenvalue weighted by Crippen LogP contribution is 2.19. The molecule has 72 valence electrons. The first kappa shape index (κ1) is 10.2. The van der Waals surface area contributed by atoms with Gasteiger partial charge in [0.25, 0.3) is 0 Å². The summed E-state index contributed by atoms with van der Waals surface area (Å²) in [5, 5.41) is 0. The van der Waals surface area contributed by atoms with E-state index in [0.29, 0.717) is 5.56 Å². The van der Waals surface area contributed by atoms with E-state index in [4.69, 9.17) is 5.84 Å². The molecule has 0 aliphatic carbocycles. The van der Waals surface area contributed by atoms with Crippen molar-refractivity contribution in [3.05, 3.63) is 35.1 Å². The third-order valence-corrected chi connectivity index (χ3v) is 2.14. The lowest BCUT2D eigenvalue weighted by Crippen LogP contribution is -2.28. The number of rotatable bonds is 3. The van der Waals surface area contributed by atoms with Crippen LogP contribution < -0.4 is 11.3 Å². The second kappa shape index (κ2) is 4.35. The Morgan fingerprint density at radius 1 is 1.54 bits per heavy atom. The molecule has 13 heavy (non-hydrogen) atoms. The maximum absolute atomic E-state index is 13.4. The maximum atomic E-state index is 13.4. The Labute approximate surface area is 77.9 Å². The fourth-order valence-corrected chi connectivity index (χ4v) is 1.34. The molecule has 1 aromatic rings. The first-order valence-corrected chi connectivity index (χ1v) is 4.41. The van der Waals surface area contributed by atoms with Gasteiger partial charge in [-0.3, -0.25) is 11.3 Å². The monoisotopic (exact) mass is 182 g/mol. The lowest BCUT2D eigenvalue weighted by atomic mass is 10.0. The molecule has 0 heterocycles. The Hall–Kier alpha value is -0.930. The van der Waals surface area contributed by atoms with Crippen molar-refractivity contribution in [2.24, 2.45) is 5.84 Å². The van der Waals surface area contributed by atoms with Gasteiger partial charge in [0.2, 0.25) is 0 Å². The van der Waals surface area contributed by atoms with E-state index in [1.807, 2.05) is 19.9 Å². The zero-order valence-corrected chi connectivity index (χ0v) is 7.97. The number of hydrazine groups is 1. The van der Waals surface area contributed by atoms with Crippen molar-refractivity contribution in [2.45, 2.75) is 26.3 Å². The average Bonchev–Trinajstić information content (AvgIpc) is 2.10. The van der Waals surface area contributed by atoms with Crippen LogP contribution in [0.3, 0.4) is 0 Å². The van der Waals surface area contributed by atoms with Crippen LogP contribution in [0.1, 0.15) is 30.5 Å². The molecule has 0 aliphatic heterocycles. The van der Waals surface area contributed by atoms with Gasteiger partial charge in [-0.25, -0.2) is 4.39 Å². The molecular formula is C10H15FN2. The van der Waals surface area contributed by atoms with Crippen LogP contribution in [0.4, 0.5) is 4.39 Å². The molecule has 0 spiro atoms. The Bertz CT molecular complexity index is 282. The highest BCUT2D eigenvalue weighted by atomic mass is 19.1. The quantitative estimate of drug-likeness (QED) is 0.554. The smallest absolute Gasteiger partial charge is 0.128 e. The third-order valence-electron chi connectivity index (χ3n) is 2.14. The van der Waals surface area contributed by atoms with Gasteiger partial charge in [-0.05, 0) is 25.0 Å². The minimum Gasteiger partial charge on any atom is -0.271 e. The highest BCUT2D eigenvalue weighted by molar-refractivity contribution is 5.25. The molecule has 0 aromatic heterocycles. The van der Waals surface area contributed by atoms with E-state index in [0.717, 1.165) is 12.0 Å². The van der Waals surface area contributed by atoms with Crippen molar-refractivity contribution in [2.75, 3.05) is 0 Å². The van der Waals surface area contributed by atoms with E-state index < -0.39 is 0 Å². The summed E-state index contributed by atoms with van der Waals surface area (Å²) in [5.41, 5.74) is 4.15. The Morgan fingerprint density at radius 3 is 2.69 bits per heavy atom. The molecular weight excluding hydrogens is 167 g/mol. The summed E-state index contributed by atoms with van der Waals surface area (Å²) in [5.74, 6) is 5.12. The Balaban J connectivity index is 2.99. The Morgan fingerprint density at radius 2 is 2.23 bits per heavy atom. The van der Waals surface area contributed by atoms with Crippen LogP contribution >= 0.6 is 0 Å². The highest BCUT2D eigenvalue weighted by Gasteiger charge is 2.11. The zero-order chi connectivity index (χ0) is 9.84. The molecule has 1 unspecified atom stereocenters. The van der Waals surface area contributed by atoms with Crippen LogP contribution in [0.15, 0.2) is 18.2 Å². The fraction of sp³-hybridized carbons (Fsp3) is 0.400. The van der Waals surface area contributed by atoms with Gasteiger partial charge in [0, 0.05) is 11.6 Å². The summed E-state index contributed by atoms with van der Waals surface area (Å²) in [6, 6.07) is 5.09. The molecule has 0 saturated carbocycles. The summed E-state index contributed by atoms with van der Waals surface area (Å²) in [6.07, 6.45) is 0.774. The molecule has 0 fully saturated rings. The van der Waals surface area contributed by atoms with Crippen molar-refractivity contribution in [1.82, 2.24) is 5.43 Å². The fourth-order valence-electron chi connectivity index (χ4n) is 1.34. The average molecular weight is 182 g/mol. The summed E-state index contributed by atoms with van der Waals surface area (Å²) < 4.78 is 13.4. The van der Waals surface area contributed by atoms with E-state index in [1.165, 1.54) is 6.07 Å². The largest absolute Gasteiger partial charge is 0.271 e. The van der Waals surface area contributed by atoms with E-state index in [-0.39, 0.29) is 11.9 Å². The van der Waals surface area contributed by atoms with E-state index in [9.17, 15) is 4.39 Å². The SMILES string of the molecule is CCC(NN)c1ccc(C)cc1F. The number of halogens is 1. The van der Waals surface area contributed by atoms with Crippen molar-refractivity contribution in [3.63, 3.8) is 0 Å². The van der Waals surface area contributed by atoms with Crippen LogP contribution in [0.25, 0.3) is 0 Å². The standard InChI is InChI=1S/C10H15FN2/c1-3-10(13-12)8-5-4-7(2)6-9(8)11/h4-6,10,13H,3,12H2,1-2H3. The summed E-state index contributed by atoms with van der Waals surface area (Å²) in [6.45, 7) is 3.83. The predicted octanol–water partition coefficient (Wildman–Crippen LogP) is 2.05. The van der Waals surface area contributed by atoms with Crippen molar-refractivity contribution in [1.29, 1.82) is 0 Å². The minimum atomic E-state index is -0.190. The lowest BCUT2D eigenvalue weighted by Gasteiger charge is -2.14. The minimum absolute atomic E-state index is 0.0967. The number of benzene rings is 1. The molecule has 1 atom stereocenters. The molecule has 0 amide bonds. The Kier molecular flexibility index (Phi) is 3.39. The summed E-state index contributed by atoms with van der Waals surface area (Å²) in [7, 11) is 0. The van der Waals surface area contributed by atoms with Crippen molar-refractivity contribution >= 4 is 0 Å². The molecule has 0 radical (unpaired) electrons. The number of nitrogens with one attached hydrogen (secondary N) is 1. The van der Waals surface area contributed by atoms with Gasteiger partial charge in [-0.2, -0.15) is 0 Å². The zero-order valence-electron chi connectivity index (χ0n) is 7.97.